The van der Waals surface area contributed by atoms with Crippen molar-refractivity contribution >= 4 is 21.8 Å². The number of benzene rings is 1. The maximum Gasteiger partial charge on any atom is 0.124 e. The van der Waals surface area contributed by atoms with E-state index in [9.17, 15) is 0 Å². The van der Waals surface area contributed by atoms with E-state index >= 15 is 0 Å². The lowest BCUT2D eigenvalue weighted by Gasteiger charge is -2.29. The third-order valence-corrected chi connectivity index (χ3v) is 4.59. The topological polar surface area (TPSA) is 37.7 Å². The Labute approximate surface area is 139 Å². The van der Waals surface area contributed by atoms with Crippen LogP contribution in [0.15, 0.2) is 46.0 Å². The molecule has 0 bridgehead atoms. The lowest BCUT2D eigenvalue weighted by Crippen LogP contribution is -2.29. The first-order valence-corrected chi connectivity index (χ1v) is 7.91. The van der Waals surface area contributed by atoms with Gasteiger partial charge in [-0.1, -0.05) is 22.0 Å². The minimum atomic E-state index is -0.144. The van der Waals surface area contributed by atoms with E-state index in [-0.39, 0.29) is 6.04 Å². The van der Waals surface area contributed by atoms with Crippen LogP contribution >= 0.6 is 15.9 Å². The van der Waals surface area contributed by atoms with Gasteiger partial charge in [0.15, 0.2) is 0 Å². The van der Waals surface area contributed by atoms with E-state index in [4.69, 9.17) is 9.73 Å². The molecule has 0 N–H and O–H groups in total. The van der Waals surface area contributed by atoms with Gasteiger partial charge in [0.25, 0.3) is 0 Å². The molecule has 0 saturated heterocycles. The molecule has 4 nitrogen and oxygen atoms in total. The van der Waals surface area contributed by atoms with Crippen LogP contribution in [0.2, 0.25) is 0 Å². The minimum absolute atomic E-state index is 0.144. The van der Waals surface area contributed by atoms with Crippen LogP contribution in [0.25, 0.3) is 0 Å². The lowest BCUT2D eigenvalue weighted by atomic mass is 9.91. The number of aliphatic imine (C=N–C) groups is 1. The average Bonchev–Trinajstić information content (AvgIpc) is 2.55. The first-order chi connectivity index (χ1) is 10.6. The minimum Gasteiger partial charge on any atom is -0.496 e. The second kappa shape index (κ2) is 6.08. The summed E-state index contributed by atoms with van der Waals surface area (Å²) in [6, 6.07) is 9.79. The monoisotopic (exact) mass is 359 g/mol. The number of amidine groups is 1. The predicted octanol–water partition coefficient (Wildman–Crippen LogP) is 3.46. The van der Waals surface area contributed by atoms with Gasteiger partial charge < -0.3 is 9.64 Å². The number of pyridine rings is 1. The Balaban J connectivity index is 2.22. The highest BCUT2D eigenvalue weighted by atomic mass is 79.9. The molecule has 5 heteroatoms. The van der Waals surface area contributed by atoms with Crippen LogP contribution in [0, 0.1) is 0 Å². The molecule has 22 heavy (non-hydrogen) atoms. The molecule has 1 aromatic heterocycles. The van der Waals surface area contributed by atoms with E-state index in [0.29, 0.717) is 0 Å². The molecule has 0 amide bonds. The number of fused-ring (bicyclic) bond motifs is 1. The van der Waals surface area contributed by atoms with Gasteiger partial charge in [-0.2, -0.15) is 0 Å². The van der Waals surface area contributed by atoms with Crippen molar-refractivity contribution in [3.63, 3.8) is 0 Å². The summed E-state index contributed by atoms with van der Waals surface area (Å²) >= 11 is 3.67. The van der Waals surface area contributed by atoms with Crippen molar-refractivity contribution < 1.29 is 4.74 Å². The summed E-state index contributed by atoms with van der Waals surface area (Å²) in [5, 5.41) is 0. The molecule has 2 heterocycles. The van der Waals surface area contributed by atoms with Crippen LogP contribution in [0.1, 0.15) is 22.9 Å². The number of likely N-dealkylation sites (N-methyl/N-ethyl adjacent to an activating group) is 1. The molecule has 1 aliphatic rings. The van der Waals surface area contributed by atoms with Crippen LogP contribution in [0.3, 0.4) is 0 Å². The fourth-order valence-electron chi connectivity index (χ4n) is 2.72. The number of aromatic nitrogens is 1. The molecule has 1 aromatic carbocycles. The molecule has 1 aliphatic heterocycles. The van der Waals surface area contributed by atoms with Gasteiger partial charge in [-0.15, -0.1) is 0 Å². The highest BCUT2D eigenvalue weighted by molar-refractivity contribution is 9.10. The highest BCUT2D eigenvalue weighted by Crippen LogP contribution is 2.41. The van der Waals surface area contributed by atoms with E-state index in [2.05, 4.69) is 25.8 Å². The smallest absolute Gasteiger partial charge is 0.124 e. The third kappa shape index (κ3) is 2.61. The summed E-state index contributed by atoms with van der Waals surface area (Å²) in [6.07, 6.45) is 2.59. The van der Waals surface area contributed by atoms with E-state index < -0.39 is 0 Å². The Morgan fingerprint density at radius 2 is 2.05 bits per heavy atom. The van der Waals surface area contributed by atoms with Crippen molar-refractivity contribution in [1.29, 1.82) is 0 Å². The second-order valence-electron chi connectivity index (χ2n) is 5.42. The van der Waals surface area contributed by atoms with Crippen molar-refractivity contribution in [2.45, 2.75) is 12.5 Å². The molecule has 1 unspecified atom stereocenters. The average molecular weight is 360 g/mol. The molecule has 3 rings (SSSR count). The number of methoxy groups -OCH3 is 1. The second-order valence-corrected chi connectivity index (χ2v) is 6.27. The zero-order chi connectivity index (χ0) is 15.7. The third-order valence-electron chi connectivity index (χ3n) is 3.85. The standard InChI is InChI=1S/C17H18BrN3O/c1-21(2)15-10-11-12(18)7-8-14(22-3)16(11)17(20-15)13-6-4-5-9-19-13/h4-9,17H,10H2,1-3H3. The maximum absolute atomic E-state index is 5.58. The molecule has 0 aliphatic carbocycles. The molecule has 1 atom stereocenters. The molecular formula is C17H18BrN3O. The molecular weight excluding hydrogens is 342 g/mol. The first-order valence-electron chi connectivity index (χ1n) is 7.12. The molecule has 2 aromatic rings. The van der Waals surface area contributed by atoms with Gasteiger partial charge in [-0.25, -0.2) is 0 Å². The van der Waals surface area contributed by atoms with Crippen LogP contribution < -0.4 is 4.74 Å². The van der Waals surface area contributed by atoms with Gasteiger partial charge in [0.2, 0.25) is 0 Å². The van der Waals surface area contributed by atoms with Crippen molar-refractivity contribution in [3.05, 3.63) is 57.8 Å². The Morgan fingerprint density at radius 1 is 1.23 bits per heavy atom. The van der Waals surface area contributed by atoms with E-state index in [1.807, 2.05) is 44.4 Å². The quantitative estimate of drug-likeness (QED) is 0.823. The zero-order valence-corrected chi connectivity index (χ0v) is 14.5. The maximum atomic E-state index is 5.58. The fourth-order valence-corrected chi connectivity index (χ4v) is 3.20. The summed E-state index contributed by atoms with van der Waals surface area (Å²) < 4.78 is 6.67. The fraction of sp³-hybridized carbons (Fsp3) is 0.294. The van der Waals surface area contributed by atoms with Crippen LogP contribution in [-0.4, -0.2) is 36.9 Å². The summed E-state index contributed by atoms with van der Waals surface area (Å²) in [4.78, 5) is 11.5. The van der Waals surface area contributed by atoms with Crippen molar-refractivity contribution in [3.8, 4) is 5.75 Å². The van der Waals surface area contributed by atoms with Crippen LogP contribution in [-0.2, 0) is 6.42 Å². The van der Waals surface area contributed by atoms with E-state index in [1.54, 1.807) is 13.3 Å². The van der Waals surface area contributed by atoms with Gasteiger partial charge in [-0.05, 0) is 29.8 Å². The number of nitrogens with zero attached hydrogens (tertiary/aromatic N) is 3. The number of rotatable bonds is 2. The van der Waals surface area contributed by atoms with Crippen molar-refractivity contribution in [2.24, 2.45) is 4.99 Å². The summed E-state index contributed by atoms with van der Waals surface area (Å²) in [6.45, 7) is 0. The van der Waals surface area contributed by atoms with Crippen molar-refractivity contribution in [2.75, 3.05) is 21.2 Å². The molecule has 0 saturated carbocycles. The van der Waals surface area contributed by atoms with Crippen molar-refractivity contribution in [1.82, 2.24) is 9.88 Å². The SMILES string of the molecule is COc1ccc(Br)c2c1C(c1ccccn1)N=C(N(C)C)C2. The highest BCUT2D eigenvalue weighted by Gasteiger charge is 2.29. The predicted molar refractivity (Wildman–Crippen MR) is 91.6 cm³/mol. The largest absolute Gasteiger partial charge is 0.496 e. The van der Waals surface area contributed by atoms with E-state index in [1.165, 1.54) is 5.56 Å². The number of halogens is 1. The summed E-state index contributed by atoms with van der Waals surface area (Å²) in [7, 11) is 5.74. The molecule has 114 valence electrons. The van der Waals surface area contributed by atoms with Gasteiger partial charge in [0.1, 0.15) is 17.6 Å². The Morgan fingerprint density at radius 3 is 2.68 bits per heavy atom. The zero-order valence-electron chi connectivity index (χ0n) is 12.9. The Hall–Kier alpha value is -1.88. The normalized spacial score (nSPS) is 16.7. The van der Waals surface area contributed by atoms with E-state index in [0.717, 1.165) is 33.7 Å². The lowest BCUT2D eigenvalue weighted by molar-refractivity contribution is 0.405. The summed E-state index contributed by atoms with van der Waals surface area (Å²) in [5.74, 6) is 1.90. The van der Waals surface area contributed by atoms with Gasteiger partial charge in [0.05, 0.1) is 12.8 Å². The van der Waals surface area contributed by atoms with Gasteiger partial charge in [0, 0.05) is 36.7 Å². The van der Waals surface area contributed by atoms with Crippen LogP contribution in [0.4, 0.5) is 0 Å². The Kier molecular flexibility index (Phi) is 4.16. The van der Waals surface area contributed by atoms with Crippen LogP contribution in [0.5, 0.6) is 5.75 Å². The van der Waals surface area contributed by atoms with Gasteiger partial charge in [-0.3, -0.25) is 9.98 Å². The number of ether oxygens (including phenoxy) is 1. The summed E-state index contributed by atoms with van der Waals surface area (Å²) in [5.41, 5.74) is 3.24. The number of hydrogen-bond donors (Lipinski definition) is 0. The molecule has 0 radical (unpaired) electrons. The Bertz CT molecular complexity index is 713. The van der Waals surface area contributed by atoms with Gasteiger partial charge >= 0.3 is 0 Å². The molecule has 0 fully saturated rings. The number of hydrogen-bond acceptors (Lipinski definition) is 4. The molecule has 0 spiro atoms. The first kappa shape index (κ1) is 15.0.